The molecule has 0 aliphatic carbocycles. The molecule has 3 aromatic rings. The number of nitrogens with zero attached hydrogens (tertiary/aromatic N) is 3. The molecule has 3 aromatic heterocycles. The Kier molecular flexibility index (Phi) is 2.60. The highest BCUT2D eigenvalue weighted by Crippen LogP contribution is 2.31. The van der Waals surface area contributed by atoms with Crippen LogP contribution in [0, 0.1) is 19.0 Å². The van der Waals surface area contributed by atoms with Gasteiger partial charge < -0.3 is 0 Å². The van der Waals surface area contributed by atoms with Crippen LogP contribution in [-0.4, -0.2) is 14.4 Å². The number of fused-ring (bicyclic) bond motifs is 1. The molecule has 0 bridgehead atoms. The summed E-state index contributed by atoms with van der Waals surface area (Å²) in [4.78, 5) is 8.60. The van der Waals surface area contributed by atoms with Crippen LogP contribution in [0.4, 0.5) is 4.39 Å². The smallest absolute Gasteiger partial charge is 0.206 e. The summed E-state index contributed by atoms with van der Waals surface area (Å²) in [5.41, 5.74) is 2.34. The van der Waals surface area contributed by atoms with Gasteiger partial charge in [-0.3, -0.25) is 4.40 Å². The Morgan fingerprint density at radius 1 is 1.33 bits per heavy atom. The molecule has 0 N–H and O–H groups in total. The quantitative estimate of drug-likeness (QED) is 0.678. The van der Waals surface area contributed by atoms with Gasteiger partial charge in [0.15, 0.2) is 5.65 Å². The number of hydrogen-bond acceptors (Lipinski definition) is 3. The highest BCUT2D eigenvalue weighted by atomic mass is 35.5. The van der Waals surface area contributed by atoms with Crippen molar-refractivity contribution in [3.63, 3.8) is 0 Å². The van der Waals surface area contributed by atoms with Crippen LogP contribution < -0.4 is 0 Å². The summed E-state index contributed by atoms with van der Waals surface area (Å²) in [6.07, 6.45) is 1.81. The molecule has 0 aromatic carbocycles. The van der Waals surface area contributed by atoms with Crippen molar-refractivity contribution in [1.82, 2.24) is 14.4 Å². The second-order valence-electron chi connectivity index (χ2n) is 3.95. The summed E-state index contributed by atoms with van der Waals surface area (Å²) in [6.45, 7) is 3.61. The first-order chi connectivity index (χ1) is 8.58. The zero-order chi connectivity index (χ0) is 12.9. The van der Waals surface area contributed by atoms with Gasteiger partial charge in [0, 0.05) is 6.20 Å². The van der Waals surface area contributed by atoms with Crippen LogP contribution >= 0.6 is 22.9 Å². The first kappa shape index (κ1) is 11.6. The minimum atomic E-state index is -0.294. The summed E-state index contributed by atoms with van der Waals surface area (Å²) < 4.78 is 15.6. The monoisotopic (exact) mass is 281 g/mol. The minimum Gasteiger partial charge on any atom is -0.297 e. The molecule has 0 spiro atoms. The summed E-state index contributed by atoms with van der Waals surface area (Å²) in [6, 6.07) is 3.56. The normalized spacial score (nSPS) is 11.3. The van der Waals surface area contributed by atoms with E-state index in [-0.39, 0.29) is 5.13 Å². The van der Waals surface area contributed by atoms with Crippen molar-refractivity contribution in [1.29, 1.82) is 0 Å². The maximum Gasteiger partial charge on any atom is 0.206 e. The molecule has 92 valence electrons. The third-order valence-corrected chi connectivity index (χ3v) is 3.75. The van der Waals surface area contributed by atoms with Gasteiger partial charge in [0.05, 0.1) is 21.4 Å². The number of thiazole rings is 1. The van der Waals surface area contributed by atoms with E-state index in [9.17, 15) is 4.39 Å². The first-order valence-corrected chi connectivity index (χ1v) is 6.54. The molecule has 0 aliphatic rings. The third kappa shape index (κ3) is 1.62. The van der Waals surface area contributed by atoms with Crippen molar-refractivity contribution in [2.75, 3.05) is 0 Å². The highest BCUT2D eigenvalue weighted by Gasteiger charge is 2.19. The van der Waals surface area contributed by atoms with E-state index in [1.807, 2.05) is 13.1 Å². The van der Waals surface area contributed by atoms with E-state index in [1.54, 1.807) is 23.5 Å². The molecule has 0 radical (unpaired) electrons. The number of aromatic nitrogens is 3. The molecule has 0 saturated carbocycles. The Morgan fingerprint density at radius 2 is 2.11 bits per heavy atom. The number of pyridine rings is 1. The Bertz CT molecular complexity index is 747. The molecule has 3 rings (SSSR count). The van der Waals surface area contributed by atoms with Gasteiger partial charge in [0.1, 0.15) is 5.69 Å². The zero-order valence-corrected chi connectivity index (χ0v) is 11.3. The van der Waals surface area contributed by atoms with Crippen molar-refractivity contribution < 1.29 is 4.39 Å². The average molecular weight is 282 g/mol. The molecule has 0 amide bonds. The number of hydrogen-bond donors (Lipinski definition) is 0. The van der Waals surface area contributed by atoms with E-state index in [4.69, 9.17) is 11.6 Å². The fourth-order valence-corrected chi connectivity index (χ4v) is 2.82. The van der Waals surface area contributed by atoms with Crippen molar-refractivity contribution >= 4 is 28.6 Å². The van der Waals surface area contributed by atoms with E-state index in [0.717, 1.165) is 11.3 Å². The van der Waals surface area contributed by atoms with E-state index >= 15 is 0 Å². The molecule has 0 saturated heterocycles. The molecule has 0 unspecified atom stereocenters. The third-order valence-electron chi connectivity index (χ3n) is 2.69. The van der Waals surface area contributed by atoms with Gasteiger partial charge >= 0.3 is 0 Å². The maximum atomic E-state index is 13.9. The predicted molar refractivity (Wildman–Crippen MR) is 70.7 cm³/mol. The van der Waals surface area contributed by atoms with E-state index < -0.39 is 0 Å². The van der Waals surface area contributed by atoms with Gasteiger partial charge in [0.2, 0.25) is 5.13 Å². The summed E-state index contributed by atoms with van der Waals surface area (Å²) in [5, 5.41) is 0.940. The van der Waals surface area contributed by atoms with Gasteiger partial charge in [-0.05, 0) is 26.0 Å². The van der Waals surface area contributed by atoms with E-state index in [1.165, 1.54) is 0 Å². The molecular weight excluding hydrogens is 273 g/mol. The summed E-state index contributed by atoms with van der Waals surface area (Å²) >= 11 is 7.12. The molecule has 18 heavy (non-hydrogen) atoms. The zero-order valence-electron chi connectivity index (χ0n) is 9.74. The van der Waals surface area contributed by atoms with Crippen molar-refractivity contribution in [3.05, 3.63) is 39.2 Å². The lowest BCUT2D eigenvalue weighted by Gasteiger charge is -2.00. The van der Waals surface area contributed by atoms with Crippen LogP contribution in [0.2, 0.25) is 5.02 Å². The average Bonchev–Trinajstić information content (AvgIpc) is 2.79. The summed E-state index contributed by atoms with van der Waals surface area (Å²) in [7, 11) is 0. The molecule has 6 heteroatoms. The van der Waals surface area contributed by atoms with Crippen LogP contribution in [0.25, 0.3) is 17.0 Å². The fraction of sp³-hybridized carbons (Fsp3) is 0.167. The van der Waals surface area contributed by atoms with Crippen LogP contribution in [0.3, 0.4) is 0 Å². The van der Waals surface area contributed by atoms with Crippen molar-refractivity contribution in [2.45, 2.75) is 13.8 Å². The Labute approximate surface area is 112 Å². The number of aryl methyl sites for hydroxylation is 2. The van der Waals surface area contributed by atoms with Crippen molar-refractivity contribution in [3.8, 4) is 11.4 Å². The molecule has 3 nitrogen and oxygen atoms in total. The molecule has 0 fully saturated rings. The number of imidazole rings is 1. The van der Waals surface area contributed by atoms with E-state index in [2.05, 4.69) is 9.97 Å². The SMILES string of the molecule is Cc1nc(-c2c(C)nc3c(Cl)cccn23)c(F)s1. The fourth-order valence-electron chi connectivity index (χ4n) is 1.98. The van der Waals surface area contributed by atoms with Crippen LogP contribution in [0.15, 0.2) is 18.3 Å². The van der Waals surface area contributed by atoms with Gasteiger partial charge in [-0.2, -0.15) is 4.39 Å². The minimum absolute atomic E-state index is 0.294. The summed E-state index contributed by atoms with van der Waals surface area (Å²) in [5.74, 6) is 0. The van der Waals surface area contributed by atoms with Crippen LogP contribution in [0.5, 0.6) is 0 Å². The topological polar surface area (TPSA) is 30.2 Å². The Balaban J connectivity index is 2.39. The van der Waals surface area contributed by atoms with Gasteiger partial charge in [-0.25, -0.2) is 9.97 Å². The van der Waals surface area contributed by atoms with Crippen LogP contribution in [0.1, 0.15) is 10.7 Å². The number of halogens is 2. The first-order valence-electron chi connectivity index (χ1n) is 5.34. The van der Waals surface area contributed by atoms with Gasteiger partial charge in [-0.15, -0.1) is 0 Å². The maximum absolute atomic E-state index is 13.9. The predicted octanol–water partition coefficient (Wildman–Crippen LogP) is 3.87. The Hall–Kier alpha value is -1.46. The second-order valence-corrected chi connectivity index (χ2v) is 5.51. The number of rotatable bonds is 1. The van der Waals surface area contributed by atoms with Gasteiger partial charge in [-0.1, -0.05) is 22.9 Å². The standard InChI is InChI=1S/C12H9ClFN3S/c1-6-10(9-11(14)18-7(2)16-9)17-5-3-4-8(13)12(17)15-6/h3-5H,1-2H3. The second kappa shape index (κ2) is 4.03. The molecular formula is C12H9ClFN3S. The largest absolute Gasteiger partial charge is 0.297 e. The highest BCUT2D eigenvalue weighted by molar-refractivity contribution is 7.10. The van der Waals surface area contributed by atoms with Crippen molar-refractivity contribution in [2.24, 2.45) is 0 Å². The van der Waals surface area contributed by atoms with E-state index in [0.29, 0.717) is 32.8 Å². The molecule has 3 heterocycles. The lowest BCUT2D eigenvalue weighted by atomic mass is 10.3. The lowest BCUT2D eigenvalue weighted by Crippen LogP contribution is -1.91. The molecule has 0 aliphatic heterocycles. The lowest BCUT2D eigenvalue weighted by molar-refractivity contribution is 0.656. The Morgan fingerprint density at radius 3 is 2.78 bits per heavy atom. The molecule has 0 atom stereocenters. The van der Waals surface area contributed by atoms with Gasteiger partial charge in [0.25, 0.3) is 0 Å². The van der Waals surface area contributed by atoms with Crippen LogP contribution in [-0.2, 0) is 0 Å².